The van der Waals surface area contributed by atoms with E-state index < -0.39 is 12.0 Å². The fourth-order valence-electron chi connectivity index (χ4n) is 1.45. The van der Waals surface area contributed by atoms with Gasteiger partial charge in [-0.15, -0.1) is 23.1 Å². The molecule has 0 bridgehead atoms. The average Bonchev–Trinajstić information content (AvgIpc) is 2.80. The second-order valence-electron chi connectivity index (χ2n) is 4.09. The van der Waals surface area contributed by atoms with Crippen molar-refractivity contribution in [3.63, 3.8) is 0 Å². The number of rotatable bonds is 9. The van der Waals surface area contributed by atoms with Crippen LogP contribution in [0.15, 0.2) is 5.38 Å². The van der Waals surface area contributed by atoms with Gasteiger partial charge in [-0.25, -0.2) is 9.78 Å². The fourth-order valence-corrected chi connectivity index (χ4v) is 2.90. The van der Waals surface area contributed by atoms with Gasteiger partial charge >= 0.3 is 5.97 Å². The number of thioether (sulfide) groups is 1. The van der Waals surface area contributed by atoms with Crippen molar-refractivity contribution in [2.45, 2.75) is 25.1 Å². The first-order valence-electron chi connectivity index (χ1n) is 6.02. The van der Waals surface area contributed by atoms with E-state index in [-0.39, 0.29) is 18.1 Å². The first-order chi connectivity index (χ1) is 9.52. The van der Waals surface area contributed by atoms with Crippen LogP contribution >= 0.6 is 23.1 Å². The van der Waals surface area contributed by atoms with Crippen LogP contribution in [0.3, 0.4) is 0 Å². The van der Waals surface area contributed by atoms with Crippen LogP contribution in [0, 0.1) is 6.92 Å². The molecule has 112 valence electrons. The van der Waals surface area contributed by atoms with Crippen molar-refractivity contribution in [2.24, 2.45) is 0 Å². The van der Waals surface area contributed by atoms with Crippen LogP contribution in [0.2, 0.25) is 0 Å². The lowest BCUT2D eigenvalue weighted by Crippen LogP contribution is -2.42. The van der Waals surface area contributed by atoms with Crippen LogP contribution in [0.5, 0.6) is 0 Å². The Morgan fingerprint density at radius 1 is 1.60 bits per heavy atom. The zero-order valence-electron chi connectivity index (χ0n) is 11.4. The van der Waals surface area contributed by atoms with Crippen molar-refractivity contribution in [1.29, 1.82) is 0 Å². The molecule has 2 N–H and O–H groups in total. The third-order valence-electron chi connectivity index (χ3n) is 2.39. The summed E-state index contributed by atoms with van der Waals surface area (Å²) in [5, 5.41) is 14.4. The predicted octanol–water partition coefficient (Wildman–Crippen LogP) is 1.29. The molecule has 1 aromatic heterocycles. The van der Waals surface area contributed by atoms with Crippen LogP contribution in [0.4, 0.5) is 0 Å². The van der Waals surface area contributed by atoms with Crippen molar-refractivity contribution in [1.82, 2.24) is 10.3 Å². The number of carboxylic acids is 1. The predicted molar refractivity (Wildman–Crippen MR) is 79.1 cm³/mol. The third kappa shape index (κ3) is 6.36. The highest BCUT2D eigenvalue weighted by Gasteiger charge is 2.19. The molecule has 0 spiro atoms. The van der Waals surface area contributed by atoms with Gasteiger partial charge in [-0.1, -0.05) is 0 Å². The largest absolute Gasteiger partial charge is 0.480 e. The number of aryl methyl sites for hydroxylation is 1. The maximum Gasteiger partial charge on any atom is 0.326 e. The molecule has 0 aromatic carbocycles. The molecule has 1 atom stereocenters. The van der Waals surface area contributed by atoms with Gasteiger partial charge in [0.1, 0.15) is 6.04 Å². The van der Waals surface area contributed by atoms with E-state index >= 15 is 0 Å². The van der Waals surface area contributed by atoms with E-state index in [1.54, 1.807) is 11.3 Å². The Balaban J connectivity index is 2.28. The highest BCUT2D eigenvalue weighted by atomic mass is 32.2. The summed E-state index contributed by atoms with van der Waals surface area (Å²) < 4.78 is 4.82. The lowest BCUT2D eigenvalue weighted by molar-refractivity contribution is -0.142. The number of nitrogens with zero attached hydrogens (tertiary/aromatic N) is 1. The van der Waals surface area contributed by atoms with Crippen molar-refractivity contribution in [3.05, 3.63) is 16.1 Å². The summed E-state index contributed by atoms with van der Waals surface area (Å²) >= 11 is 2.98. The minimum atomic E-state index is -1.05. The van der Waals surface area contributed by atoms with E-state index in [1.165, 1.54) is 18.9 Å². The molecule has 20 heavy (non-hydrogen) atoms. The Labute approximate surface area is 125 Å². The topological polar surface area (TPSA) is 88.5 Å². The number of ether oxygens (including phenoxy) is 1. The number of carboxylic acid groups (broad SMARTS) is 1. The molecule has 1 amide bonds. The van der Waals surface area contributed by atoms with Crippen LogP contribution in [-0.4, -0.2) is 47.5 Å². The number of hydrogen-bond acceptors (Lipinski definition) is 6. The smallest absolute Gasteiger partial charge is 0.326 e. The second kappa shape index (κ2) is 8.93. The Hall–Kier alpha value is -1.12. The number of nitrogens with one attached hydrogen (secondary N) is 1. The summed E-state index contributed by atoms with van der Waals surface area (Å²) in [5.41, 5.74) is 0.944. The molecule has 1 unspecified atom stereocenters. The highest BCUT2D eigenvalue weighted by molar-refractivity contribution is 7.99. The quantitative estimate of drug-likeness (QED) is 0.713. The van der Waals surface area contributed by atoms with Crippen molar-refractivity contribution in [3.8, 4) is 0 Å². The lowest BCUT2D eigenvalue weighted by Gasteiger charge is -2.13. The molecule has 1 heterocycles. The van der Waals surface area contributed by atoms with Gasteiger partial charge in [-0.2, -0.15) is 0 Å². The maximum atomic E-state index is 11.7. The van der Waals surface area contributed by atoms with Gasteiger partial charge in [0.05, 0.1) is 16.5 Å². The third-order valence-corrected chi connectivity index (χ3v) is 4.18. The molecular formula is C12H18N2O4S2. The zero-order valence-corrected chi connectivity index (χ0v) is 13.1. The van der Waals surface area contributed by atoms with E-state index in [0.29, 0.717) is 12.4 Å². The monoisotopic (exact) mass is 318 g/mol. The molecule has 6 nitrogen and oxygen atoms in total. The van der Waals surface area contributed by atoms with Gasteiger partial charge in [-0.3, -0.25) is 4.79 Å². The molecule has 0 aliphatic heterocycles. The number of thiazole rings is 1. The van der Waals surface area contributed by atoms with Gasteiger partial charge in [-0.05, 0) is 6.92 Å². The zero-order chi connectivity index (χ0) is 15.0. The summed E-state index contributed by atoms with van der Waals surface area (Å²) in [6.07, 6.45) is 0.257. The van der Waals surface area contributed by atoms with E-state index in [1.807, 2.05) is 12.3 Å². The van der Waals surface area contributed by atoms with Crippen LogP contribution in [-0.2, 0) is 20.1 Å². The molecule has 0 saturated heterocycles. The van der Waals surface area contributed by atoms with Crippen LogP contribution < -0.4 is 5.32 Å². The van der Waals surface area contributed by atoms with E-state index in [4.69, 9.17) is 9.84 Å². The van der Waals surface area contributed by atoms with Gasteiger partial charge in [0.25, 0.3) is 0 Å². The Morgan fingerprint density at radius 3 is 2.90 bits per heavy atom. The number of aromatic nitrogens is 1. The van der Waals surface area contributed by atoms with E-state index in [2.05, 4.69) is 10.3 Å². The maximum absolute atomic E-state index is 11.7. The number of carbonyl (C=O) groups excluding carboxylic acids is 1. The van der Waals surface area contributed by atoms with Gasteiger partial charge in [0.15, 0.2) is 0 Å². The van der Waals surface area contributed by atoms with Crippen molar-refractivity contribution < 1.29 is 19.4 Å². The number of carbonyl (C=O) groups is 2. The lowest BCUT2D eigenvalue weighted by atomic mass is 10.2. The van der Waals surface area contributed by atoms with Crippen molar-refractivity contribution >= 4 is 35.0 Å². The average molecular weight is 318 g/mol. The van der Waals surface area contributed by atoms with Gasteiger partial charge in [0, 0.05) is 31.3 Å². The molecule has 1 aromatic rings. The Kier molecular flexibility index (Phi) is 7.56. The summed E-state index contributed by atoms with van der Waals surface area (Å²) in [6.45, 7) is 2.22. The van der Waals surface area contributed by atoms with Crippen LogP contribution in [0.25, 0.3) is 0 Å². The summed E-state index contributed by atoms with van der Waals surface area (Å²) in [5.74, 6) is -0.470. The molecule has 1 rings (SSSR count). The molecule has 0 aliphatic rings. The molecule has 0 aliphatic carbocycles. The number of aliphatic carboxylic acids is 1. The molecule has 8 heteroatoms. The first-order valence-corrected chi connectivity index (χ1v) is 8.06. The van der Waals surface area contributed by atoms with Crippen LogP contribution in [0.1, 0.15) is 17.1 Å². The Morgan fingerprint density at radius 2 is 2.35 bits per heavy atom. The number of amides is 1. The van der Waals surface area contributed by atoms with Gasteiger partial charge in [0.2, 0.25) is 5.91 Å². The minimum absolute atomic E-state index is 0.216. The van der Waals surface area contributed by atoms with Crippen molar-refractivity contribution in [2.75, 3.05) is 19.5 Å². The normalized spacial score (nSPS) is 12.1. The number of hydrogen-bond donors (Lipinski definition) is 2. The second-order valence-corrected chi connectivity index (χ2v) is 6.14. The molecule has 0 radical (unpaired) electrons. The molecule has 0 fully saturated rings. The SMILES string of the molecule is COCCC(NC(=O)CSCc1csc(C)n1)C(=O)O. The summed E-state index contributed by atoms with van der Waals surface area (Å²) in [4.78, 5) is 26.9. The molecular weight excluding hydrogens is 300 g/mol. The highest BCUT2D eigenvalue weighted by Crippen LogP contribution is 2.14. The first kappa shape index (κ1) is 16.9. The van der Waals surface area contributed by atoms with E-state index in [9.17, 15) is 9.59 Å². The van der Waals surface area contributed by atoms with Gasteiger partial charge < -0.3 is 15.2 Å². The summed E-state index contributed by atoms with van der Waals surface area (Å²) in [6, 6.07) is -0.899. The fraction of sp³-hybridized carbons (Fsp3) is 0.583. The standard InChI is InChI=1S/C12H18N2O4S2/c1-8-13-9(6-20-8)5-19-7-11(15)14-10(12(16)17)3-4-18-2/h6,10H,3-5,7H2,1-2H3,(H,14,15)(H,16,17). The molecule has 0 saturated carbocycles. The minimum Gasteiger partial charge on any atom is -0.480 e. The van der Waals surface area contributed by atoms with E-state index in [0.717, 1.165) is 10.7 Å². The summed E-state index contributed by atoms with van der Waals surface area (Å²) in [7, 11) is 1.49. The number of methoxy groups -OCH3 is 1. The Bertz CT molecular complexity index is 450.